The summed E-state index contributed by atoms with van der Waals surface area (Å²) in [4.78, 5) is 4.93. The van der Waals surface area contributed by atoms with Crippen LogP contribution >= 0.6 is 36.4 Å². The van der Waals surface area contributed by atoms with Gasteiger partial charge in [0.05, 0.1) is 28.0 Å². The van der Waals surface area contributed by atoms with Crippen LogP contribution in [0.1, 0.15) is 18.2 Å². The Labute approximate surface area is 145 Å². The van der Waals surface area contributed by atoms with Crippen LogP contribution in [0.2, 0.25) is 5.02 Å². The molecule has 114 valence electrons. The van der Waals surface area contributed by atoms with E-state index in [-0.39, 0.29) is 0 Å². The summed E-state index contributed by atoms with van der Waals surface area (Å²) in [7, 11) is 0. The van der Waals surface area contributed by atoms with Crippen LogP contribution in [0, 0.1) is 0 Å². The summed E-state index contributed by atoms with van der Waals surface area (Å²) in [6.45, 7) is 1.87. The quantitative estimate of drug-likeness (QED) is 0.253. The zero-order valence-electron chi connectivity index (χ0n) is 11.9. The molecule has 2 rings (SSSR count). The molecule has 0 saturated heterocycles. The van der Waals surface area contributed by atoms with Crippen LogP contribution in [-0.2, 0) is 0 Å². The summed E-state index contributed by atoms with van der Waals surface area (Å²) in [5.74, 6) is 0.473. The maximum Gasteiger partial charge on any atom is 0.112 e. The Kier molecular flexibility index (Phi) is 6.18. The highest BCUT2D eigenvalue weighted by molar-refractivity contribution is 7.81. The van der Waals surface area contributed by atoms with Gasteiger partial charge >= 0.3 is 0 Å². The largest absolute Gasteiger partial charge is 0.345 e. The molecule has 0 aliphatic heterocycles. The minimum Gasteiger partial charge on any atom is -0.345 e. The van der Waals surface area contributed by atoms with Gasteiger partial charge in [-0.05, 0) is 31.2 Å². The first kappa shape index (κ1) is 16.7. The van der Waals surface area contributed by atoms with Crippen LogP contribution in [0.15, 0.2) is 47.7 Å². The highest BCUT2D eigenvalue weighted by Crippen LogP contribution is 2.21. The first-order chi connectivity index (χ1) is 10.6. The number of thiol groups is 1. The molecule has 7 heteroatoms. The van der Waals surface area contributed by atoms with Crippen LogP contribution in [0.5, 0.6) is 0 Å². The van der Waals surface area contributed by atoms with Gasteiger partial charge in [-0.2, -0.15) is 17.7 Å². The first-order valence-electron chi connectivity index (χ1n) is 6.52. The lowest BCUT2D eigenvalue weighted by molar-refractivity contribution is 0.873. The minimum atomic E-state index is 0.473. The van der Waals surface area contributed by atoms with Crippen LogP contribution in [0.3, 0.4) is 0 Å². The van der Waals surface area contributed by atoms with E-state index in [2.05, 4.69) is 33.5 Å². The number of nitrogens with one attached hydrogen (secondary N) is 2. The van der Waals surface area contributed by atoms with E-state index in [9.17, 15) is 0 Å². The van der Waals surface area contributed by atoms with Crippen molar-refractivity contribution in [2.24, 2.45) is 5.10 Å². The third kappa shape index (κ3) is 4.43. The minimum absolute atomic E-state index is 0.473. The predicted molar refractivity (Wildman–Crippen MR) is 100 cm³/mol. The van der Waals surface area contributed by atoms with Crippen molar-refractivity contribution in [1.82, 2.24) is 10.4 Å². The number of para-hydroxylation sites is 1. The van der Waals surface area contributed by atoms with Gasteiger partial charge in [0.2, 0.25) is 0 Å². The molecule has 0 radical (unpaired) electrons. The van der Waals surface area contributed by atoms with E-state index < -0.39 is 0 Å². The average molecular weight is 351 g/mol. The summed E-state index contributed by atoms with van der Waals surface area (Å²) in [6.07, 6.45) is 1.71. The molecule has 0 fully saturated rings. The Balaban J connectivity index is 2.10. The van der Waals surface area contributed by atoms with Gasteiger partial charge in [0.15, 0.2) is 0 Å². The lowest BCUT2D eigenvalue weighted by atomic mass is 10.2. The summed E-state index contributed by atoms with van der Waals surface area (Å²) in [5, 5.41) is 7.87. The zero-order valence-corrected chi connectivity index (χ0v) is 14.3. The number of halogens is 1. The normalized spacial score (nSPS) is 11.1. The molecule has 2 aromatic rings. The van der Waals surface area contributed by atoms with Gasteiger partial charge in [0.25, 0.3) is 0 Å². The molecule has 22 heavy (non-hydrogen) atoms. The number of hydrogen-bond acceptors (Lipinski definition) is 5. The van der Waals surface area contributed by atoms with Crippen molar-refractivity contribution in [1.29, 1.82) is 0 Å². The SMILES string of the molecule is CC(=NNCS)c1ccc(C(=S)Nc2ccccc2Cl)cn1. The van der Waals surface area contributed by atoms with Crippen molar-refractivity contribution in [3.63, 3.8) is 0 Å². The molecule has 0 atom stereocenters. The molecule has 1 aromatic carbocycles. The molecular weight excluding hydrogens is 336 g/mol. The van der Waals surface area contributed by atoms with E-state index in [0.29, 0.717) is 15.9 Å². The van der Waals surface area contributed by atoms with Gasteiger partial charge in [0, 0.05) is 11.8 Å². The number of hydrazone groups is 1. The van der Waals surface area contributed by atoms with E-state index in [1.807, 2.05) is 43.3 Å². The van der Waals surface area contributed by atoms with E-state index in [4.69, 9.17) is 23.8 Å². The molecule has 1 aromatic heterocycles. The van der Waals surface area contributed by atoms with Crippen molar-refractivity contribution in [3.05, 3.63) is 58.9 Å². The van der Waals surface area contributed by atoms with Gasteiger partial charge in [-0.15, -0.1) is 0 Å². The number of hydrogen-bond donors (Lipinski definition) is 3. The standard InChI is InChI=1S/C15H15ClN4S2/c1-10(20-18-9-21)13-7-6-11(8-17-13)15(22)19-14-5-3-2-4-12(14)16/h2-8,18,21H,9H2,1H3,(H,19,22). The van der Waals surface area contributed by atoms with Gasteiger partial charge in [0.1, 0.15) is 4.99 Å². The van der Waals surface area contributed by atoms with E-state index in [1.165, 1.54) is 0 Å². The number of aromatic nitrogens is 1. The number of pyridine rings is 1. The fourth-order valence-corrected chi connectivity index (χ4v) is 2.19. The van der Waals surface area contributed by atoms with Crippen LogP contribution in [-0.4, -0.2) is 21.6 Å². The van der Waals surface area contributed by atoms with Crippen molar-refractivity contribution in [2.75, 3.05) is 11.2 Å². The third-order valence-corrected chi connectivity index (χ3v) is 3.64. The number of nitrogens with zero attached hydrogens (tertiary/aromatic N) is 2. The van der Waals surface area contributed by atoms with Gasteiger partial charge in [-0.1, -0.05) is 36.0 Å². The maximum absolute atomic E-state index is 6.10. The lowest BCUT2D eigenvalue weighted by Gasteiger charge is -2.10. The van der Waals surface area contributed by atoms with Crippen molar-refractivity contribution in [3.8, 4) is 0 Å². The summed E-state index contributed by atoms with van der Waals surface area (Å²) < 4.78 is 0. The molecule has 0 spiro atoms. The first-order valence-corrected chi connectivity index (χ1v) is 7.94. The van der Waals surface area contributed by atoms with Crippen molar-refractivity contribution in [2.45, 2.75) is 6.92 Å². The molecule has 0 saturated carbocycles. The van der Waals surface area contributed by atoms with E-state index in [1.54, 1.807) is 6.20 Å². The van der Waals surface area contributed by atoms with E-state index >= 15 is 0 Å². The van der Waals surface area contributed by atoms with Crippen molar-refractivity contribution >= 4 is 52.8 Å². The zero-order chi connectivity index (χ0) is 15.9. The fourth-order valence-electron chi connectivity index (χ4n) is 1.71. The smallest absolute Gasteiger partial charge is 0.112 e. The van der Waals surface area contributed by atoms with Crippen molar-refractivity contribution < 1.29 is 0 Å². The van der Waals surface area contributed by atoms with Gasteiger partial charge < -0.3 is 10.7 Å². The fraction of sp³-hybridized carbons (Fsp3) is 0.133. The molecule has 2 N–H and O–H groups in total. The predicted octanol–water partition coefficient (Wildman–Crippen LogP) is 3.72. The van der Waals surface area contributed by atoms with E-state index in [0.717, 1.165) is 22.7 Å². The Morgan fingerprint density at radius 1 is 1.32 bits per heavy atom. The summed E-state index contributed by atoms with van der Waals surface area (Å²) >= 11 is 15.5. The molecule has 1 heterocycles. The van der Waals surface area contributed by atoms with Gasteiger partial charge in [-0.3, -0.25) is 4.98 Å². The number of rotatable bonds is 5. The van der Waals surface area contributed by atoms with Crippen LogP contribution in [0.4, 0.5) is 5.69 Å². The maximum atomic E-state index is 6.10. The number of anilines is 1. The van der Waals surface area contributed by atoms with Gasteiger partial charge in [-0.25, -0.2) is 0 Å². The summed E-state index contributed by atoms with van der Waals surface area (Å²) in [5.41, 5.74) is 5.93. The molecule has 0 amide bonds. The Morgan fingerprint density at radius 3 is 2.73 bits per heavy atom. The average Bonchev–Trinajstić information content (AvgIpc) is 2.55. The number of benzene rings is 1. The molecule has 0 aliphatic rings. The molecule has 4 nitrogen and oxygen atoms in total. The highest BCUT2D eigenvalue weighted by atomic mass is 35.5. The second kappa shape index (κ2) is 8.12. The monoisotopic (exact) mass is 350 g/mol. The molecule has 0 bridgehead atoms. The lowest BCUT2D eigenvalue weighted by Crippen LogP contribution is -2.12. The molecule has 0 aliphatic carbocycles. The van der Waals surface area contributed by atoms with Crippen LogP contribution in [0.25, 0.3) is 0 Å². The second-order valence-corrected chi connectivity index (χ2v) is 5.51. The summed E-state index contributed by atoms with van der Waals surface area (Å²) in [6, 6.07) is 11.2. The topological polar surface area (TPSA) is 49.3 Å². The third-order valence-electron chi connectivity index (χ3n) is 2.84. The van der Waals surface area contributed by atoms with Crippen LogP contribution < -0.4 is 10.7 Å². The number of thiocarbonyl (C=S) groups is 1. The highest BCUT2D eigenvalue weighted by Gasteiger charge is 2.06. The Hall–Kier alpha value is -1.63. The molecular formula is C15H15ClN4S2. The Morgan fingerprint density at radius 2 is 2.09 bits per heavy atom. The molecule has 0 unspecified atom stereocenters. The second-order valence-electron chi connectivity index (χ2n) is 4.38. The Bertz CT molecular complexity index is 686.